The van der Waals surface area contributed by atoms with Crippen LogP contribution in [0.3, 0.4) is 0 Å². The zero-order chi connectivity index (χ0) is 9.64. The van der Waals surface area contributed by atoms with E-state index in [2.05, 4.69) is 18.7 Å². The minimum absolute atomic E-state index is 0.0643. The molecule has 1 heterocycles. The van der Waals surface area contributed by atoms with Gasteiger partial charge in [-0.15, -0.1) is 0 Å². The van der Waals surface area contributed by atoms with Crippen molar-refractivity contribution in [1.82, 2.24) is 4.90 Å². The molecule has 3 N–H and O–H groups in total. The van der Waals surface area contributed by atoms with Gasteiger partial charge in [0.1, 0.15) is 0 Å². The van der Waals surface area contributed by atoms with Crippen molar-refractivity contribution in [1.29, 1.82) is 0 Å². The zero-order valence-corrected chi connectivity index (χ0v) is 8.53. The molecule has 0 spiro atoms. The van der Waals surface area contributed by atoms with E-state index in [1.165, 1.54) is 12.8 Å². The Balaban J connectivity index is 2.12. The first-order valence-corrected chi connectivity index (χ1v) is 5.22. The molecule has 1 aliphatic carbocycles. The van der Waals surface area contributed by atoms with Gasteiger partial charge in [0.05, 0.1) is 6.10 Å². The molecular formula is C10H20N2O. The Morgan fingerprint density at radius 3 is 2.46 bits per heavy atom. The van der Waals surface area contributed by atoms with Gasteiger partial charge in [-0.05, 0) is 33.2 Å². The van der Waals surface area contributed by atoms with Gasteiger partial charge in [-0.25, -0.2) is 0 Å². The minimum Gasteiger partial charge on any atom is -0.391 e. The average Bonchev–Trinajstić information content (AvgIpc) is 2.85. The molecule has 1 aliphatic heterocycles. The Labute approximate surface area is 79.9 Å². The van der Waals surface area contributed by atoms with Crippen LogP contribution in [-0.4, -0.2) is 40.8 Å². The maximum absolute atomic E-state index is 10.0. The molecule has 3 nitrogen and oxygen atoms in total. The molecular weight excluding hydrogens is 164 g/mol. The van der Waals surface area contributed by atoms with Crippen LogP contribution in [0.15, 0.2) is 0 Å². The SMILES string of the molecule is CC1(C)C(O)C(CN)CN1C1CC1. The summed E-state index contributed by atoms with van der Waals surface area (Å²) in [7, 11) is 0. The van der Waals surface area contributed by atoms with E-state index in [0.717, 1.165) is 12.6 Å². The van der Waals surface area contributed by atoms with Gasteiger partial charge < -0.3 is 10.8 Å². The standard InChI is InChI=1S/C10H20N2O/c1-10(2)9(13)7(5-11)6-12(10)8-3-4-8/h7-9,13H,3-6,11H2,1-2H3. The van der Waals surface area contributed by atoms with Crippen LogP contribution >= 0.6 is 0 Å². The van der Waals surface area contributed by atoms with Crippen LogP contribution in [0.5, 0.6) is 0 Å². The molecule has 0 aromatic rings. The van der Waals surface area contributed by atoms with E-state index < -0.39 is 0 Å². The van der Waals surface area contributed by atoms with Gasteiger partial charge in [0.15, 0.2) is 0 Å². The predicted octanol–water partition coefficient (Wildman–Crippen LogP) is 0.179. The molecule has 2 aliphatic rings. The first kappa shape index (κ1) is 9.44. The summed E-state index contributed by atoms with van der Waals surface area (Å²) < 4.78 is 0. The molecule has 3 heteroatoms. The molecule has 0 aromatic heterocycles. The molecule has 1 saturated carbocycles. The number of nitrogens with two attached hydrogens (primary N) is 1. The first-order chi connectivity index (χ1) is 6.07. The number of aliphatic hydroxyl groups excluding tert-OH is 1. The topological polar surface area (TPSA) is 49.5 Å². The second-order valence-corrected chi connectivity index (χ2v) is 4.98. The Kier molecular flexibility index (Phi) is 2.13. The molecule has 1 saturated heterocycles. The second-order valence-electron chi connectivity index (χ2n) is 4.98. The fourth-order valence-electron chi connectivity index (χ4n) is 2.54. The lowest BCUT2D eigenvalue weighted by molar-refractivity contribution is 0.0384. The molecule has 0 bridgehead atoms. The molecule has 0 radical (unpaired) electrons. The second kappa shape index (κ2) is 2.94. The van der Waals surface area contributed by atoms with Crippen LogP contribution in [0.4, 0.5) is 0 Å². The Morgan fingerprint density at radius 1 is 1.46 bits per heavy atom. The van der Waals surface area contributed by atoms with Gasteiger partial charge in [-0.2, -0.15) is 0 Å². The van der Waals surface area contributed by atoms with E-state index in [1.807, 2.05) is 0 Å². The van der Waals surface area contributed by atoms with E-state index in [1.54, 1.807) is 0 Å². The van der Waals surface area contributed by atoms with Crippen LogP contribution < -0.4 is 5.73 Å². The maximum Gasteiger partial charge on any atom is 0.0770 e. The van der Waals surface area contributed by atoms with E-state index in [9.17, 15) is 5.11 Å². The van der Waals surface area contributed by atoms with E-state index >= 15 is 0 Å². The Morgan fingerprint density at radius 2 is 2.08 bits per heavy atom. The van der Waals surface area contributed by atoms with Crippen LogP contribution in [0.2, 0.25) is 0 Å². The van der Waals surface area contributed by atoms with Gasteiger partial charge in [0.25, 0.3) is 0 Å². The van der Waals surface area contributed by atoms with Crippen molar-refractivity contribution in [3.05, 3.63) is 0 Å². The average molecular weight is 184 g/mol. The van der Waals surface area contributed by atoms with Crippen LogP contribution in [0.1, 0.15) is 26.7 Å². The van der Waals surface area contributed by atoms with E-state index in [0.29, 0.717) is 6.54 Å². The highest BCUT2D eigenvalue weighted by molar-refractivity contribution is 5.05. The van der Waals surface area contributed by atoms with Crippen LogP contribution in [0, 0.1) is 5.92 Å². The van der Waals surface area contributed by atoms with Gasteiger partial charge in [-0.3, -0.25) is 4.90 Å². The Hall–Kier alpha value is -0.120. The minimum atomic E-state index is -0.252. The summed E-state index contributed by atoms with van der Waals surface area (Å²) in [6, 6.07) is 0.723. The van der Waals surface area contributed by atoms with Crippen LogP contribution in [-0.2, 0) is 0 Å². The Bertz CT molecular complexity index is 201. The summed E-state index contributed by atoms with van der Waals surface area (Å²) >= 11 is 0. The lowest BCUT2D eigenvalue weighted by Gasteiger charge is -2.34. The van der Waals surface area contributed by atoms with Crippen molar-refractivity contribution < 1.29 is 5.11 Å². The third kappa shape index (κ3) is 1.39. The fraction of sp³-hybridized carbons (Fsp3) is 1.00. The molecule has 76 valence electrons. The van der Waals surface area contributed by atoms with Gasteiger partial charge >= 0.3 is 0 Å². The molecule has 2 atom stereocenters. The molecule has 2 unspecified atom stereocenters. The predicted molar refractivity (Wildman–Crippen MR) is 52.4 cm³/mol. The first-order valence-electron chi connectivity index (χ1n) is 5.22. The molecule has 2 fully saturated rings. The van der Waals surface area contributed by atoms with Gasteiger partial charge in [0, 0.05) is 24.0 Å². The third-order valence-electron chi connectivity index (χ3n) is 3.63. The number of aliphatic hydroxyl groups is 1. The highest BCUT2D eigenvalue weighted by Gasteiger charge is 2.50. The summed E-state index contributed by atoms with van der Waals surface area (Å²) in [4.78, 5) is 2.44. The van der Waals surface area contributed by atoms with Gasteiger partial charge in [0.2, 0.25) is 0 Å². The molecule has 0 aromatic carbocycles. The zero-order valence-electron chi connectivity index (χ0n) is 8.53. The largest absolute Gasteiger partial charge is 0.391 e. The smallest absolute Gasteiger partial charge is 0.0770 e. The highest BCUT2D eigenvalue weighted by atomic mass is 16.3. The van der Waals surface area contributed by atoms with Crippen molar-refractivity contribution in [3.8, 4) is 0 Å². The summed E-state index contributed by atoms with van der Waals surface area (Å²) in [6.45, 7) is 5.85. The van der Waals surface area contributed by atoms with Crippen LogP contribution in [0.25, 0.3) is 0 Å². The monoisotopic (exact) mass is 184 g/mol. The summed E-state index contributed by atoms with van der Waals surface area (Å²) in [5.74, 6) is 0.274. The number of hydrogen-bond donors (Lipinski definition) is 2. The van der Waals surface area contributed by atoms with Crippen molar-refractivity contribution >= 4 is 0 Å². The fourth-order valence-corrected chi connectivity index (χ4v) is 2.54. The van der Waals surface area contributed by atoms with E-state index in [4.69, 9.17) is 5.73 Å². The van der Waals surface area contributed by atoms with Gasteiger partial charge in [-0.1, -0.05) is 0 Å². The number of rotatable bonds is 2. The number of likely N-dealkylation sites (tertiary alicyclic amines) is 1. The van der Waals surface area contributed by atoms with Crippen molar-refractivity contribution in [2.75, 3.05) is 13.1 Å². The normalized spacial score (nSPS) is 39.7. The highest BCUT2D eigenvalue weighted by Crippen LogP contribution is 2.41. The van der Waals surface area contributed by atoms with Crippen molar-refractivity contribution in [2.45, 2.75) is 44.4 Å². The molecule has 13 heavy (non-hydrogen) atoms. The van der Waals surface area contributed by atoms with E-state index in [-0.39, 0.29) is 17.6 Å². The third-order valence-corrected chi connectivity index (χ3v) is 3.63. The number of hydrogen-bond acceptors (Lipinski definition) is 3. The summed E-state index contributed by atoms with van der Waals surface area (Å²) in [6.07, 6.45) is 2.35. The maximum atomic E-state index is 10.0. The van der Waals surface area contributed by atoms with Crippen molar-refractivity contribution in [2.24, 2.45) is 11.7 Å². The number of nitrogens with zero attached hydrogens (tertiary/aromatic N) is 1. The molecule has 0 amide bonds. The summed E-state index contributed by atoms with van der Waals surface area (Å²) in [5, 5.41) is 10.0. The lowest BCUT2D eigenvalue weighted by Crippen LogP contribution is -2.46. The lowest BCUT2D eigenvalue weighted by atomic mass is 9.92. The van der Waals surface area contributed by atoms with Crippen molar-refractivity contribution in [3.63, 3.8) is 0 Å². The molecule has 2 rings (SSSR count). The quantitative estimate of drug-likeness (QED) is 0.643. The summed E-state index contributed by atoms with van der Waals surface area (Å²) in [5.41, 5.74) is 5.58.